The van der Waals surface area contributed by atoms with Crippen LogP contribution in [0.3, 0.4) is 0 Å². The van der Waals surface area contributed by atoms with E-state index in [0.29, 0.717) is 27.5 Å². The predicted molar refractivity (Wildman–Crippen MR) is 77.3 cm³/mol. The summed E-state index contributed by atoms with van der Waals surface area (Å²) in [4.78, 5) is 12.1. The molecule has 8 heteroatoms. The van der Waals surface area contributed by atoms with Gasteiger partial charge in [-0.2, -0.15) is 13.9 Å². The Morgan fingerprint density at radius 2 is 2.18 bits per heavy atom. The average Bonchev–Trinajstić information content (AvgIpc) is 2.77. The van der Waals surface area contributed by atoms with Crippen molar-refractivity contribution in [1.82, 2.24) is 15.5 Å². The van der Waals surface area contributed by atoms with Crippen LogP contribution in [0.1, 0.15) is 27.3 Å². The number of aromatic nitrogens is 2. The molecule has 1 aromatic heterocycles. The van der Waals surface area contributed by atoms with Crippen LogP contribution in [-0.4, -0.2) is 22.7 Å². The standard InChI is InChI=1S/C14H14ClF2N3O2/c1-7-12(8(2)20-19-7)13(21)18-6-9-5-10(15)3-4-11(9)22-14(16)17/h3-5,14H,6H2,1-2H3,(H,18,21)(H,19,20). The molecule has 0 aliphatic rings. The third-order valence-electron chi connectivity index (χ3n) is 3.03. The molecule has 0 spiro atoms. The maximum Gasteiger partial charge on any atom is 0.387 e. The van der Waals surface area contributed by atoms with Crippen LogP contribution in [0.25, 0.3) is 0 Å². The van der Waals surface area contributed by atoms with Gasteiger partial charge in [-0.3, -0.25) is 9.89 Å². The Balaban J connectivity index is 2.14. The number of hydrogen-bond donors (Lipinski definition) is 2. The summed E-state index contributed by atoms with van der Waals surface area (Å²) in [7, 11) is 0. The van der Waals surface area contributed by atoms with Crippen molar-refractivity contribution in [2.75, 3.05) is 0 Å². The number of hydrogen-bond acceptors (Lipinski definition) is 3. The van der Waals surface area contributed by atoms with Crippen LogP contribution in [0.2, 0.25) is 5.02 Å². The van der Waals surface area contributed by atoms with Crippen LogP contribution in [0.15, 0.2) is 18.2 Å². The summed E-state index contributed by atoms with van der Waals surface area (Å²) in [5.74, 6) is -0.382. The average molecular weight is 330 g/mol. The van der Waals surface area contributed by atoms with E-state index in [-0.39, 0.29) is 18.2 Å². The lowest BCUT2D eigenvalue weighted by molar-refractivity contribution is -0.0504. The number of aromatic amines is 1. The molecule has 1 heterocycles. The molecule has 22 heavy (non-hydrogen) atoms. The summed E-state index contributed by atoms with van der Waals surface area (Å²) >= 11 is 5.85. The number of alkyl halides is 2. The van der Waals surface area contributed by atoms with Crippen LogP contribution in [0.4, 0.5) is 8.78 Å². The summed E-state index contributed by atoms with van der Waals surface area (Å²) in [6, 6.07) is 4.24. The summed E-state index contributed by atoms with van der Waals surface area (Å²) in [5, 5.41) is 9.64. The summed E-state index contributed by atoms with van der Waals surface area (Å²) in [5.41, 5.74) is 1.98. The number of rotatable bonds is 5. The van der Waals surface area contributed by atoms with E-state index in [4.69, 9.17) is 11.6 Å². The molecule has 1 aromatic carbocycles. The Morgan fingerprint density at radius 3 is 2.77 bits per heavy atom. The Bertz CT molecular complexity index is 669. The Kier molecular flexibility index (Phi) is 4.97. The lowest BCUT2D eigenvalue weighted by atomic mass is 10.1. The highest BCUT2D eigenvalue weighted by atomic mass is 35.5. The van der Waals surface area contributed by atoms with Gasteiger partial charge in [0.25, 0.3) is 5.91 Å². The first-order valence-electron chi connectivity index (χ1n) is 6.41. The lowest BCUT2D eigenvalue weighted by Gasteiger charge is -2.12. The van der Waals surface area contributed by atoms with Crippen molar-refractivity contribution in [2.24, 2.45) is 0 Å². The van der Waals surface area contributed by atoms with Crippen molar-refractivity contribution >= 4 is 17.5 Å². The fourth-order valence-corrected chi connectivity index (χ4v) is 2.24. The second kappa shape index (κ2) is 6.74. The molecule has 2 aromatic rings. The molecule has 0 aliphatic heterocycles. The summed E-state index contributed by atoms with van der Waals surface area (Å²) < 4.78 is 29.2. The van der Waals surface area contributed by atoms with Crippen LogP contribution in [0, 0.1) is 13.8 Å². The van der Waals surface area contributed by atoms with E-state index in [0.717, 1.165) is 0 Å². The Morgan fingerprint density at radius 1 is 1.45 bits per heavy atom. The quantitative estimate of drug-likeness (QED) is 0.885. The zero-order valence-electron chi connectivity index (χ0n) is 11.9. The number of halogens is 3. The molecular formula is C14H14ClF2N3O2. The highest BCUT2D eigenvalue weighted by Crippen LogP contribution is 2.24. The second-order valence-electron chi connectivity index (χ2n) is 4.62. The van der Waals surface area contributed by atoms with E-state index < -0.39 is 6.61 Å². The first-order chi connectivity index (χ1) is 10.4. The predicted octanol–water partition coefficient (Wildman–Crippen LogP) is 3.21. The molecular weight excluding hydrogens is 316 g/mol. The van der Waals surface area contributed by atoms with E-state index in [2.05, 4.69) is 20.3 Å². The molecule has 1 amide bonds. The number of ether oxygens (including phenoxy) is 1. The van der Waals surface area contributed by atoms with E-state index in [9.17, 15) is 13.6 Å². The number of nitrogens with zero attached hydrogens (tertiary/aromatic N) is 1. The third-order valence-corrected chi connectivity index (χ3v) is 3.27. The third kappa shape index (κ3) is 3.73. The minimum atomic E-state index is -2.95. The number of nitrogens with one attached hydrogen (secondary N) is 2. The summed E-state index contributed by atoms with van der Waals surface area (Å²) in [6.07, 6.45) is 0. The highest BCUT2D eigenvalue weighted by molar-refractivity contribution is 6.30. The largest absolute Gasteiger partial charge is 0.434 e. The molecule has 0 saturated carbocycles. The number of H-pyrrole nitrogens is 1. The fraction of sp³-hybridized carbons (Fsp3) is 0.286. The van der Waals surface area contributed by atoms with Gasteiger partial charge in [-0.25, -0.2) is 0 Å². The molecule has 0 unspecified atom stereocenters. The minimum Gasteiger partial charge on any atom is -0.434 e. The van der Waals surface area contributed by atoms with Crippen molar-refractivity contribution in [3.8, 4) is 5.75 Å². The molecule has 0 fully saturated rings. The van der Waals surface area contributed by atoms with Gasteiger partial charge in [0.05, 0.1) is 11.3 Å². The molecule has 2 rings (SSSR count). The van der Waals surface area contributed by atoms with E-state index >= 15 is 0 Å². The maximum absolute atomic E-state index is 12.4. The van der Waals surface area contributed by atoms with Crippen molar-refractivity contribution in [3.63, 3.8) is 0 Å². The first kappa shape index (κ1) is 16.2. The molecule has 0 saturated heterocycles. The molecule has 118 valence electrons. The van der Waals surface area contributed by atoms with E-state index in [1.807, 2.05) is 0 Å². The SMILES string of the molecule is Cc1n[nH]c(C)c1C(=O)NCc1cc(Cl)ccc1OC(F)F. The van der Waals surface area contributed by atoms with Gasteiger partial charge in [0.2, 0.25) is 0 Å². The molecule has 5 nitrogen and oxygen atoms in total. The van der Waals surface area contributed by atoms with Crippen LogP contribution >= 0.6 is 11.6 Å². The topological polar surface area (TPSA) is 67.0 Å². The molecule has 0 radical (unpaired) electrons. The lowest BCUT2D eigenvalue weighted by Crippen LogP contribution is -2.24. The van der Waals surface area contributed by atoms with Crippen LogP contribution in [-0.2, 0) is 6.54 Å². The van der Waals surface area contributed by atoms with E-state index in [1.54, 1.807) is 13.8 Å². The van der Waals surface area contributed by atoms with Gasteiger partial charge in [-0.05, 0) is 32.0 Å². The number of carbonyl (C=O) groups is 1. The number of amides is 1. The highest BCUT2D eigenvalue weighted by Gasteiger charge is 2.16. The molecule has 0 bridgehead atoms. The molecule has 0 aliphatic carbocycles. The van der Waals surface area contributed by atoms with Gasteiger partial charge < -0.3 is 10.1 Å². The van der Waals surface area contributed by atoms with Crippen LogP contribution < -0.4 is 10.1 Å². The van der Waals surface area contributed by atoms with Crippen molar-refractivity contribution in [2.45, 2.75) is 27.0 Å². The van der Waals surface area contributed by atoms with Crippen LogP contribution in [0.5, 0.6) is 5.75 Å². The van der Waals surface area contributed by atoms with Gasteiger partial charge in [0.15, 0.2) is 0 Å². The monoisotopic (exact) mass is 329 g/mol. The zero-order valence-corrected chi connectivity index (χ0v) is 12.7. The molecule has 0 atom stereocenters. The fourth-order valence-electron chi connectivity index (χ4n) is 2.05. The van der Waals surface area contributed by atoms with Crippen molar-refractivity contribution in [3.05, 3.63) is 45.7 Å². The summed E-state index contributed by atoms with van der Waals surface area (Å²) in [6.45, 7) is 0.475. The van der Waals surface area contributed by atoms with Gasteiger partial charge >= 0.3 is 6.61 Å². The van der Waals surface area contributed by atoms with Crippen molar-refractivity contribution in [1.29, 1.82) is 0 Å². The smallest absolute Gasteiger partial charge is 0.387 e. The Hall–Kier alpha value is -2.15. The first-order valence-corrected chi connectivity index (χ1v) is 6.79. The van der Waals surface area contributed by atoms with Gasteiger partial charge in [-0.1, -0.05) is 11.6 Å². The maximum atomic E-state index is 12.4. The van der Waals surface area contributed by atoms with Gasteiger partial charge in [0.1, 0.15) is 5.75 Å². The number of benzene rings is 1. The Labute approximate surface area is 130 Å². The molecule has 2 N–H and O–H groups in total. The van der Waals surface area contributed by atoms with Gasteiger partial charge in [0, 0.05) is 22.8 Å². The van der Waals surface area contributed by atoms with Crippen molar-refractivity contribution < 1.29 is 18.3 Å². The van der Waals surface area contributed by atoms with Gasteiger partial charge in [-0.15, -0.1) is 0 Å². The normalized spacial score (nSPS) is 10.8. The van der Waals surface area contributed by atoms with E-state index in [1.165, 1.54) is 18.2 Å². The second-order valence-corrected chi connectivity index (χ2v) is 5.06. The number of carbonyl (C=O) groups excluding carboxylic acids is 1. The zero-order chi connectivity index (χ0) is 16.3. The number of aryl methyl sites for hydroxylation is 2. The minimum absolute atomic E-state index is 0.00546.